The second-order valence-corrected chi connectivity index (χ2v) is 6.02. The molecule has 6 nitrogen and oxygen atoms in total. The molecule has 126 valence electrons. The Kier molecular flexibility index (Phi) is 4.93. The molecule has 1 aromatic heterocycles. The van der Waals surface area contributed by atoms with Gasteiger partial charge in [-0.15, -0.1) is 0 Å². The monoisotopic (exact) mass is 326 g/mol. The second kappa shape index (κ2) is 7.29. The van der Waals surface area contributed by atoms with Gasteiger partial charge in [-0.2, -0.15) is 0 Å². The third kappa shape index (κ3) is 3.82. The number of amides is 1. The van der Waals surface area contributed by atoms with E-state index in [2.05, 4.69) is 14.9 Å². The fraction of sp³-hybridized carbons (Fsp3) is 0.389. The minimum Gasteiger partial charge on any atom is -0.491 e. The summed E-state index contributed by atoms with van der Waals surface area (Å²) in [5.74, 6) is 1.56. The molecule has 2 aromatic rings. The molecule has 24 heavy (non-hydrogen) atoms. The first-order valence-electron chi connectivity index (χ1n) is 8.21. The van der Waals surface area contributed by atoms with E-state index < -0.39 is 0 Å². The molecule has 1 aliphatic rings. The van der Waals surface area contributed by atoms with Crippen LogP contribution in [0.4, 0.5) is 5.95 Å². The van der Waals surface area contributed by atoms with Crippen LogP contribution in [0, 0.1) is 0 Å². The van der Waals surface area contributed by atoms with Gasteiger partial charge >= 0.3 is 0 Å². The largest absolute Gasteiger partial charge is 0.491 e. The number of piperazine rings is 1. The van der Waals surface area contributed by atoms with Gasteiger partial charge in [0, 0.05) is 44.1 Å². The molecular formula is C18H22N4O2. The van der Waals surface area contributed by atoms with Crippen molar-refractivity contribution in [2.45, 2.75) is 20.0 Å². The molecule has 0 radical (unpaired) electrons. The summed E-state index contributed by atoms with van der Waals surface area (Å²) in [6.07, 6.45) is 3.60. The summed E-state index contributed by atoms with van der Waals surface area (Å²) in [4.78, 5) is 25.1. The number of benzene rings is 1. The van der Waals surface area contributed by atoms with E-state index in [4.69, 9.17) is 4.74 Å². The van der Waals surface area contributed by atoms with Crippen molar-refractivity contribution in [2.75, 3.05) is 31.1 Å². The lowest BCUT2D eigenvalue weighted by Crippen LogP contribution is -2.49. The first-order chi connectivity index (χ1) is 11.6. The molecule has 0 aliphatic carbocycles. The van der Waals surface area contributed by atoms with Crippen molar-refractivity contribution in [2.24, 2.45) is 0 Å². The minimum absolute atomic E-state index is 0.0553. The van der Waals surface area contributed by atoms with Gasteiger partial charge < -0.3 is 14.5 Å². The topological polar surface area (TPSA) is 58.6 Å². The van der Waals surface area contributed by atoms with Crippen molar-refractivity contribution in [3.63, 3.8) is 0 Å². The summed E-state index contributed by atoms with van der Waals surface area (Å²) in [5.41, 5.74) is 0.690. The second-order valence-electron chi connectivity index (χ2n) is 6.02. The van der Waals surface area contributed by atoms with Crippen LogP contribution in [0.15, 0.2) is 42.7 Å². The van der Waals surface area contributed by atoms with E-state index in [0.29, 0.717) is 18.7 Å². The predicted molar refractivity (Wildman–Crippen MR) is 92.4 cm³/mol. The number of hydrogen-bond acceptors (Lipinski definition) is 5. The van der Waals surface area contributed by atoms with Gasteiger partial charge in [0.05, 0.1) is 6.10 Å². The Morgan fingerprint density at radius 3 is 2.25 bits per heavy atom. The van der Waals surface area contributed by atoms with Gasteiger partial charge in [0.1, 0.15) is 5.75 Å². The highest BCUT2D eigenvalue weighted by Crippen LogP contribution is 2.17. The Bertz CT molecular complexity index is 665. The number of rotatable bonds is 4. The Morgan fingerprint density at radius 2 is 1.67 bits per heavy atom. The van der Waals surface area contributed by atoms with Gasteiger partial charge in [-0.25, -0.2) is 9.97 Å². The van der Waals surface area contributed by atoms with Crippen LogP contribution in [0.3, 0.4) is 0 Å². The van der Waals surface area contributed by atoms with E-state index in [-0.39, 0.29) is 12.0 Å². The number of hydrogen-bond donors (Lipinski definition) is 0. The van der Waals surface area contributed by atoms with Crippen molar-refractivity contribution < 1.29 is 9.53 Å². The van der Waals surface area contributed by atoms with Gasteiger partial charge in [-0.1, -0.05) is 0 Å². The van der Waals surface area contributed by atoms with Crippen LogP contribution < -0.4 is 9.64 Å². The summed E-state index contributed by atoms with van der Waals surface area (Å²) in [7, 11) is 0. The van der Waals surface area contributed by atoms with Gasteiger partial charge in [0.15, 0.2) is 0 Å². The molecule has 1 fully saturated rings. The predicted octanol–water partition coefficient (Wildman–Crippen LogP) is 2.23. The van der Waals surface area contributed by atoms with Crippen LogP contribution in [-0.2, 0) is 0 Å². The SMILES string of the molecule is CC(C)Oc1ccc(C(=O)N2CCN(c3ncccn3)CC2)cc1. The number of nitrogens with zero attached hydrogens (tertiary/aromatic N) is 4. The molecule has 0 bridgehead atoms. The third-order valence-corrected chi connectivity index (χ3v) is 3.87. The summed E-state index contributed by atoms with van der Waals surface area (Å²) < 4.78 is 5.61. The van der Waals surface area contributed by atoms with Gasteiger partial charge in [-0.3, -0.25) is 4.79 Å². The Morgan fingerprint density at radius 1 is 1.04 bits per heavy atom. The lowest BCUT2D eigenvalue weighted by molar-refractivity contribution is 0.0746. The molecule has 0 N–H and O–H groups in total. The van der Waals surface area contributed by atoms with Crippen LogP contribution >= 0.6 is 0 Å². The smallest absolute Gasteiger partial charge is 0.253 e. The molecule has 3 rings (SSSR count). The highest BCUT2D eigenvalue weighted by molar-refractivity contribution is 5.94. The zero-order valence-corrected chi connectivity index (χ0v) is 14.1. The van der Waals surface area contributed by atoms with Crippen LogP contribution in [-0.4, -0.2) is 53.1 Å². The maximum Gasteiger partial charge on any atom is 0.253 e. The zero-order chi connectivity index (χ0) is 16.9. The van der Waals surface area contributed by atoms with Crippen molar-refractivity contribution in [3.05, 3.63) is 48.3 Å². The molecule has 1 aromatic carbocycles. The van der Waals surface area contributed by atoms with E-state index in [1.54, 1.807) is 18.5 Å². The summed E-state index contributed by atoms with van der Waals surface area (Å²) >= 11 is 0. The molecule has 0 atom stereocenters. The first-order valence-corrected chi connectivity index (χ1v) is 8.21. The first kappa shape index (κ1) is 16.2. The van der Waals surface area contributed by atoms with Gasteiger partial charge in [0.25, 0.3) is 5.91 Å². The molecule has 1 saturated heterocycles. The van der Waals surface area contributed by atoms with Crippen molar-refractivity contribution in [1.29, 1.82) is 0 Å². The maximum absolute atomic E-state index is 12.6. The van der Waals surface area contributed by atoms with Crippen LogP contribution in [0.5, 0.6) is 5.75 Å². The molecule has 6 heteroatoms. The minimum atomic E-state index is 0.0553. The van der Waals surface area contributed by atoms with Crippen LogP contribution in [0.25, 0.3) is 0 Å². The van der Waals surface area contributed by atoms with E-state index >= 15 is 0 Å². The number of aromatic nitrogens is 2. The number of anilines is 1. The van der Waals surface area contributed by atoms with Gasteiger partial charge in [-0.05, 0) is 44.2 Å². The normalized spacial score (nSPS) is 14.8. The molecule has 0 spiro atoms. The quantitative estimate of drug-likeness (QED) is 0.862. The molecule has 0 unspecified atom stereocenters. The third-order valence-electron chi connectivity index (χ3n) is 3.87. The van der Waals surface area contributed by atoms with E-state index in [1.165, 1.54) is 0 Å². The van der Waals surface area contributed by atoms with E-state index in [1.807, 2.05) is 43.0 Å². The van der Waals surface area contributed by atoms with Crippen molar-refractivity contribution in [1.82, 2.24) is 14.9 Å². The lowest BCUT2D eigenvalue weighted by Gasteiger charge is -2.34. The van der Waals surface area contributed by atoms with E-state index in [9.17, 15) is 4.79 Å². The lowest BCUT2D eigenvalue weighted by atomic mass is 10.1. The number of carbonyl (C=O) groups is 1. The molecular weight excluding hydrogens is 304 g/mol. The van der Waals surface area contributed by atoms with E-state index in [0.717, 1.165) is 24.8 Å². The Hall–Kier alpha value is -2.63. The fourth-order valence-corrected chi connectivity index (χ4v) is 2.69. The number of carbonyl (C=O) groups excluding carboxylic acids is 1. The maximum atomic E-state index is 12.6. The van der Waals surface area contributed by atoms with Crippen LogP contribution in [0.2, 0.25) is 0 Å². The van der Waals surface area contributed by atoms with Crippen molar-refractivity contribution in [3.8, 4) is 5.75 Å². The fourth-order valence-electron chi connectivity index (χ4n) is 2.69. The summed E-state index contributed by atoms with van der Waals surface area (Å²) in [5, 5.41) is 0. The summed E-state index contributed by atoms with van der Waals surface area (Å²) in [6.45, 7) is 6.78. The van der Waals surface area contributed by atoms with Crippen molar-refractivity contribution >= 4 is 11.9 Å². The average Bonchev–Trinajstić information content (AvgIpc) is 2.62. The molecule has 0 saturated carbocycles. The molecule has 1 aliphatic heterocycles. The zero-order valence-electron chi connectivity index (χ0n) is 14.1. The van der Waals surface area contributed by atoms with Gasteiger partial charge in [0.2, 0.25) is 5.95 Å². The Labute approximate surface area is 142 Å². The average molecular weight is 326 g/mol. The highest BCUT2D eigenvalue weighted by Gasteiger charge is 2.23. The number of ether oxygens (including phenoxy) is 1. The summed E-state index contributed by atoms with van der Waals surface area (Å²) in [6, 6.07) is 9.15. The molecule has 1 amide bonds. The molecule has 2 heterocycles. The highest BCUT2D eigenvalue weighted by atomic mass is 16.5. The van der Waals surface area contributed by atoms with Crippen LogP contribution in [0.1, 0.15) is 24.2 Å². The standard InChI is InChI=1S/C18H22N4O2/c1-14(2)24-16-6-4-15(5-7-16)17(23)21-10-12-22(13-11-21)18-19-8-3-9-20-18/h3-9,14H,10-13H2,1-2H3. The Balaban J connectivity index is 1.59.